The average Bonchev–Trinajstić information content (AvgIpc) is 3.36. The fraction of sp³-hybridized carbons (Fsp3) is 0.167. The van der Waals surface area contributed by atoms with Gasteiger partial charge in [0.25, 0.3) is 11.7 Å². The fourth-order valence-corrected chi connectivity index (χ4v) is 3.37. The van der Waals surface area contributed by atoms with E-state index < -0.39 is 0 Å². The summed E-state index contributed by atoms with van der Waals surface area (Å²) >= 11 is 1.55. The maximum atomic E-state index is 12.6. The summed E-state index contributed by atoms with van der Waals surface area (Å²) < 4.78 is 5.16. The van der Waals surface area contributed by atoms with Crippen molar-refractivity contribution in [3.8, 4) is 5.88 Å². The van der Waals surface area contributed by atoms with Crippen molar-refractivity contribution in [1.29, 1.82) is 0 Å². The molecule has 0 bridgehead atoms. The Bertz CT molecular complexity index is 962. The summed E-state index contributed by atoms with van der Waals surface area (Å²) in [5.41, 5.74) is 5.33. The van der Waals surface area contributed by atoms with Gasteiger partial charge in [0.2, 0.25) is 0 Å². The van der Waals surface area contributed by atoms with Crippen LogP contribution in [-0.2, 0) is 0 Å². The summed E-state index contributed by atoms with van der Waals surface area (Å²) in [5, 5.41) is 11.6. The van der Waals surface area contributed by atoms with Crippen molar-refractivity contribution in [1.82, 2.24) is 4.98 Å². The number of H-pyrrole nitrogens is 1. The van der Waals surface area contributed by atoms with E-state index in [1.54, 1.807) is 43.1 Å². The maximum Gasteiger partial charge on any atom is 0.413 e. The number of thiazole rings is 1. The number of amides is 2. The van der Waals surface area contributed by atoms with Crippen molar-refractivity contribution >= 4 is 40.2 Å². The van der Waals surface area contributed by atoms with E-state index in [9.17, 15) is 4.79 Å². The van der Waals surface area contributed by atoms with Gasteiger partial charge in [-0.2, -0.15) is 4.90 Å². The van der Waals surface area contributed by atoms with Gasteiger partial charge in [0.1, 0.15) is 6.17 Å². The molecule has 0 radical (unpaired) electrons. The summed E-state index contributed by atoms with van der Waals surface area (Å²) in [6.07, 6.45) is -0.0636. The van der Waals surface area contributed by atoms with Gasteiger partial charge >= 0.3 is 6.03 Å². The molecule has 0 saturated carbocycles. The molecule has 3 heterocycles. The van der Waals surface area contributed by atoms with Crippen molar-refractivity contribution < 1.29 is 14.5 Å². The smallest absolute Gasteiger partial charge is 0.413 e. The molecule has 0 saturated heterocycles. The van der Waals surface area contributed by atoms with Gasteiger partial charge in [-0.25, -0.2) is 14.8 Å². The van der Waals surface area contributed by atoms with E-state index in [1.165, 1.54) is 4.90 Å². The van der Waals surface area contributed by atoms with Crippen molar-refractivity contribution in [2.45, 2.75) is 6.17 Å². The quantitative estimate of drug-likeness (QED) is 0.644. The summed E-state index contributed by atoms with van der Waals surface area (Å²) in [6, 6.07) is 10.8. The molecule has 1 aliphatic rings. The highest BCUT2D eigenvalue weighted by Gasteiger charge is 2.24. The third-order valence-corrected chi connectivity index (χ3v) is 4.86. The van der Waals surface area contributed by atoms with Crippen LogP contribution in [0.5, 0.6) is 5.88 Å². The van der Waals surface area contributed by atoms with Gasteiger partial charge in [0.15, 0.2) is 0 Å². The third kappa shape index (κ3) is 3.49. The first-order valence-electron chi connectivity index (χ1n) is 8.30. The third-order valence-electron chi connectivity index (χ3n) is 4.26. The van der Waals surface area contributed by atoms with Crippen molar-refractivity contribution in [2.75, 3.05) is 35.0 Å². The number of fused-ring (bicyclic) bond motifs is 1. The number of anilines is 4. The number of hydrogen-bond acceptors (Lipinski definition) is 6. The zero-order valence-electron chi connectivity index (χ0n) is 14.8. The lowest BCUT2D eigenvalue weighted by atomic mass is 10.2. The zero-order chi connectivity index (χ0) is 18.8. The van der Waals surface area contributed by atoms with Crippen LogP contribution in [0.25, 0.3) is 0 Å². The normalized spacial score (nSPS) is 14.7. The Labute approximate surface area is 160 Å². The highest BCUT2D eigenvalue weighted by molar-refractivity contribution is 7.07. The highest BCUT2D eigenvalue weighted by atomic mass is 32.1. The molecule has 0 aliphatic carbocycles. The standard InChI is InChI=1S/C18H18N6O2S/c1-24(15-4-3-5-16(23-15)26-2)18(25)20-11-6-7-12-13(8-11)22-17(21-12)14-9-27-10-19-14/h3-10,17,21-22H,1-2H3,(H,20,25)/p+1. The predicted octanol–water partition coefficient (Wildman–Crippen LogP) is 3.17. The van der Waals surface area contributed by atoms with Crippen molar-refractivity contribution in [3.63, 3.8) is 0 Å². The van der Waals surface area contributed by atoms with Crippen LogP contribution in [-0.4, -0.2) is 25.2 Å². The maximum absolute atomic E-state index is 12.6. The molecule has 8 nitrogen and oxygen atoms in total. The molecule has 2 amide bonds. The van der Waals surface area contributed by atoms with Crippen LogP contribution < -0.4 is 30.6 Å². The number of urea groups is 1. The lowest BCUT2D eigenvalue weighted by Crippen LogP contribution is -2.35. The van der Waals surface area contributed by atoms with E-state index in [0.29, 0.717) is 17.4 Å². The number of rotatable bonds is 4. The fourth-order valence-electron chi connectivity index (χ4n) is 2.79. The van der Waals surface area contributed by atoms with E-state index in [2.05, 4.69) is 25.9 Å². The van der Waals surface area contributed by atoms with Gasteiger partial charge < -0.3 is 15.4 Å². The Hall–Kier alpha value is -3.33. The number of hydrogen-bond donors (Lipinski definition) is 3. The second-order valence-electron chi connectivity index (χ2n) is 5.99. The molecule has 3 aromatic rings. The molecule has 1 aromatic carbocycles. The number of ether oxygens (including phenoxy) is 1. The minimum absolute atomic E-state index is 0.0636. The van der Waals surface area contributed by atoms with E-state index in [-0.39, 0.29) is 12.2 Å². The Morgan fingerprint density at radius 1 is 1.30 bits per heavy atom. The van der Waals surface area contributed by atoms with Crippen LogP contribution in [0.3, 0.4) is 0 Å². The molecule has 138 valence electrons. The molecule has 0 spiro atoms. The van der Waals surface area contributed by atoms with Crippen LogP contribution >= 0.6 is 11.3 Å². The van der Waals surface area contributed by atoms with Gasteiger partial charge in [-0.15, -0.1) is 11.3 Å². The minimum atomic E-state index is -0.263. The van der Waals surface area contributed by atoms with Gasteiger partial charge in [-0.1, -0.05) is 0 Å². The van der Waals surface area contributed by atoms with E-state index in [0.717, 1.165) is 17.1 Å². The molecule has 4 N–H and O–H groups in total. The van der Waals surface area contributed by atoms with Gasteiger partial charge in [-0.05, 0) is 24.3 Å². The van der Waals surface area contributed by atoms with E-state index in [4.69, 9.17) is 4.74 Å². The second kappa shape index (κ2) is 7.12. The molecule has 2 aromatic heterocycles. The first-order valence-corrected chi connectivity index (χ1v) is 9.24. The molecular formula is C18H19N6O2S+. The van der Waals surface area contributed by atoms with Gasteiger partial charge in [0, 0.05) is 23.2 Å². The van der Waals surface area contributed by atoms with Crippen molar-refractivity contribution in [3.05, 3.63) is 53.0 Å². The lowest BCUT2D eigenvalue weighted by molar-refractivity contribution is -0.378. The number of carbonyl (C=O) groups is 1. The Balaban J connectivity index is 1.46. The minimum Gasteiger partial charge on any atom is -0.466 e. The Morgan fingerprint density at radius 2 is 2.15 bits per heavy atom. The van der Waals surface area contributed by atoms with Crippen LogP contribution in [0.4, 0.5) is 27.7 Å². The van der Waals surface area contributed by atoms with E-state index in [1.807, 2.05) is 29.6 Å². The molecule has 27 heavy (non-hydrogen) atoms. The Morgan fingerprint density at radius 3 is 2.93 bits per heavy atom. The van der Waals surface area contributed by atoms with Gasteiger partial charge in [0.05, 0.1) is 36.7 Å². The van der Waals surface area contributed by atoms with Crippen molar-refractivity contribution in [2.24, 2.45) is 0 Å². The number of aromatic nitrogens is 2. The van der Waals surface area contributed by atoms with Crippen LogP contribution in [0, 0.1) is 0 Å². The van der Waals surface area contributed by atoms with Gasteiger partial charge in [-0.3, -0.25) is 5.32 Å². The molecule has 1 atom stereocenters. The molecular weight excluding hydrogens is 364 g/mol. The number of methoxy groups -OCH3 is 1. The zero-order valence-corrected chi connectivity index (χ0v) is 15.6. The average molecular weight is 383 g/mol. The summed E-state index contributed by atoms with van der Waals surface area (Å²) in [6.45, 7) is 0. The first kappa shape index (κ1) is 17.1. The summed E-state index contributed by atoms with van der Waals surface area (Å²) in [5.74, 6) is 1.20. The lowest BCUT2D eigenvalue weighted by Gasteiger charge is -2.11. The molecule has 1 aliphatic heterocycles. The summed E-state index contributed by atoms with van der Waals surface area (Å²) in [7, 11) is 3.26. The second-order valence-corrected chi connectivity index (χ2v) is 6.71. The van der Waals surface area contributed by atoms with Crippen LogP contribution in [0.2, 0.25) is 0 Å². The molecule has 4 rings (SSSR count). The Kier molecular flexibility index (Phi) is 4.51. The van der Waals surface area contributed by atoms with E-state index >= 15 is 0 Å². The number of nitrogens with one attached hydrogen (secondary N) is 4. The SMILES string of the molecule is COc1cccc(N(C)C(=O)Nc2ccc3c(c2)NC(c2cscn2)N3)[nH+]1. The number of benzene rings is 1. The summed E-state index contributed by atoms with van der Waals surface area (Å²) in [4.78, 5) is 21.4. The number of carbonyl (C=O) groups excluding carboxylic acids is 1. The molecule has 9 heteroatoms. The molecule has 0 fully saturated rings. The number of aromatic amines is 1. The topological polar surface area (TPSA) is 92.7 Å². The van der Waals surface area contributed by atoms with Crippen LogP contribution in [0.15, 0.2) is 47.3 Å². The monoisotopic (exact) mass is 383 g/mol. The highest BCUT2D eigenvalue weighted by Crippen LogP contribution is 2.36. The largest absolute Gasteiger partial charge is 0.466 e. The van der Waals surface area contributed by atoms with Crippen LogP contribution in [0.1, 0.15) is 11.9 Å². The molecule has 1 unspecified atom stereocenters. The predicted molar refractivity (Wildman–Crippen MR) is 106 cm³/mol. The first-order chi connectivity index (χ1) is 13.1. The number of nitrogens with zero attached hydrogens (tertiary/aromatic N) is 2. The number of pyridine rings is 1.